The summed E-state index contributed by atoms with van der Waals surface area (Å²) in [6.07, 6.45) is 0. The van der Waals surface area contributed by atoms with Gasteiger partial charge in [0.1, 0.15) is 0 Å². The Hall–Kier alpha value is -1.89. The predicted octanol–water partition coefficient (Wildman–Crippen LogP) is 2.13. The normalized spacial score (nSPS) is 12.9. The van der Waals surface area contributed by atoms with Gasteiger partial charge in [-0.3, -0.25) is 0 Å². The number of nitrogens with two attached hydrogens (primary N) is 1. The standard InChI is InChI=1S/C15H18N2O3S/c1-20-11-15(12-5-3-2-4-6-12)17-13-7-9-14(10-8-13)21(16,18)19/h2-10,15,17H,11H2,1H3,(H2,16,18,19). The van der Waals surface area contributed by atoms with Gasteiger partial charge in [0.2, 0.25) is 10.0 Å². The lowest BCUT2D eigenvalue weighted by Crippen LogP contribution is -2.16. The summed E-state index contributed by atoms with van der Waals surface area (Å²) in [4.78, 5) is 0.0936. The molecule has 3 N–H and O–H groups in total. The first-order chi connectivity index (χ1) is 10.0. The van der Waals surface area contributed by atoms with E-state index in [2.05, 4.69) is 5.32 Å². The van der Waals surface area contributed by atoms with Crippen LogP contribution in [0.2, 0.25) is 0 Å². The summed E-state index contributed by atoms with van der Waals surface area (Å²) < 4.78 is 27.7. The summed E-state index contributed by atoms with van der Waals surface area (Å²) in [6.45, 7) is 0.501. The van der Waals surface area contributed by atoms with Crippen LogP contribution in [0, 0.1) is 0 Å². The number of anilines is 1. The Morgan fingerprint density at radius 3 is 2.24 bits per heavy atom. The van der Waals surface area contributed by atoms with Gasteiger partial charge >= 0.3 is 0 Å². The van der Waals surface area contributed by atoms with Gasteiger partial charge in [-0.05, 0) is 29.8 Å². The number of hydrogen-bond donors (Lipinski definition) is 2. The number of rotatable bonds is 6. The van der Waals surface area contributed by atoms with Crippen molar-refractivity contribution < 1.29 is 13.2 Å². The number of ether oxygens (including phenoxy) is 1. The molecule has 1 atom stereocenters. The average Bonchev–Trinajstić information content (AvgIpc) is 2.47. The first kappa shape index (κ1) is 15.5. The van der Waals surface area contributed by atoms with E-state index in [4.69, 9.17) is 9.88 Å². The Morgan fingerprint density at radius 2 is 1.71 bits per heavy atom. The van der Waals surface area contributed by atoms with E-state index in [9.17, 15) is 8.42 Å². The van der Waals surface area contributed by atoms with Gasteiger partial charge in [0, 0.05) is 12.8 Å². The van der Waals surface area contributed by atoms with Gasteiger partial charge in [-0.1, -0.05) is 30.3 Å². The molecule has 5 nitrogen and oxygen atoms in total. The van der Waals surface area contributed by atoms with Crippen LogP contribution in [0.5, 0.6) is 0 Å². The smallest absolute Gasteiger partial charge is 0.238 e. The van der Waals surface area contributed by atoms with Crippen LogP contribution in [0.25, 0.3) is 0 Å². The molecule has 0 fully saturated rings. The van der Waals surface area contributed by atoms with Gasteiger partial charge < -0.3 is 10.1 Å². The van der Waals surface area contributed by atoms with E-state index < -0.39 is 10.0 Å². The Bertz CT molecular complexity index is 670. The molecule has 0 saturated heterocycles. The van der Waals surface area contributed by atoms with Gasteiger partial charge in [0.25, 0.3) is 0 Å². The second kappa shape index (κ2) is 6.71. The molecule has 2 aromatic rings. The van der Waals surface area contributed by atoms with Gasteiger partial charge in [0.15, 0.2) is 0 Å². The molecule has 0 heterocycles. The van der Waals surface area contributed by atoms with Crippen LogP contribution in [-0.2, 0) is 14.8 Å². The van der Waals surface area contributed by atoms with Gasteiger partial charge in [-0.15, -0.1) is 0 Å². The molecule has 2 aromatic carbocycles. The van der Waals surface area contributed by atoms with E-state index in [0.29, 0.717) is 6.61 Å². The minimum Gasteiger partial charge on any atom is -0.382 e. The Morgan fingerprint density at radius 1 is 1.10 bits per heavy atom. The van der Waals surface area contributed by atoms with Crippen molar-refractivity contribution in [1.29, 1.82) is 0 Å². The first-order valence-corrected chi connectivity index (χ1v) is 7.98. The molecule has 0 bridgehead atoms. The predicted molar refractivity (Wildman–Crippen MR) is 82.5 cm³/mol. The zero-order valence-corrected chi connectivity index (χ0v) is 12.5. The maximum Gasteiger partial charge on any atom is 0.238 e. The zero-order chi connectivity index (χ0) is 15.3. The lowest BCUT2D eigenvalue weighted by Gasteiger charge is -2.19. The van der Waals surface area contributed by atoms with Crippen LogP contribution >= 0.6 is 0 Å². The van der Waals surface area contributed by atoms with E-state index in [0.717, 1.165) is 11.3 Å². The van der Waals surface area contributed by atoms with Crippen molar-refractivity contribution in [2.24, 2.45) is 5.14 Å². The molecule has 0 spiro atoms. The van der Waals surface area contributed by atoms with Gasteiger partial charge in [-0.2, -0.15) is 0 Å². The highest BCUT2D eigenvalue weighted by Gasteiger charge is 2.12. The summed E-state index contributed by atoms with van der Waals surface area (Å²) in [5.74, 6) is 0. The fraction of sp³-hybridized carbons (Fsp3) is 0.200. The highest BCUT2D eigenvalue weighted by Crippen LogP contribution is 2.21. The molecule has 21 heavy (non-hydrogen) atoms. The maximum atomic E-state index is 11.2. The Balaban J connectivity index is 2.18. The summed E-state index contributed by atoms with van der Waals surface area (Å²) >= 11 is 0. The maximum absolute atomic E-state index is 11.2. The molecule has 1 unspecified atom stereocenters. The van der Waals surface area contributed by atoms with E-state index in [1.165, 1.54) is 12.1 Å². The van der Waals surface area contributed by atoms with E-state index in [1.807, 2.05) is 30.3 Å². The Kier molecular flexibility index (Phi) is 4.95. The Labute approximate surface area is 124 Å². The molecule has 0 aromatic heterocycles. The fourth-order valence-corrected chi connectivity index (χ4v) is 2.53. The third-order valence-corrected chi connectivity index (χ3v) is 3.99. The van der Waals surface area contributed by atoms with Crippen molar-refractivity contribution in [3.8, 4) is 0 Å². The zero-order valence-electron chi connectivity index (χ0n) is 11.7. The molecule has 0 aliphatic heterocycles. The SMILES string of the molecule is COCC(Nc1ccc(S(N)(=O)=O)cc1)c1ccccc1. The number of sulfonamides is 1. The first-order valence-electron chi connectivity index (χ1n) is 6.44. The van der Waals surface area contributed by atoms with Crippen LogP contribution in [0.15, 0.2) is 59.5 Å². The van der Waals surface area contributed by atoms with Crippen molar-refractivity contribution in [3.63, 3.8) is 0 Å². The van der Waals surface area contributed by atoms with Crippen LogP contribution < -0.4 is 10.5 Å². The number of methoxy groups -OCH3 is 1. The number of primary sulfonamides is 1. The quantitative estimate of drug-likeness (QED) is 0.856. The topological polar surface area (TPSA) is 81.4 Å². The summed E-state index contributed by atoms with van der Waals surface area (Å²) in [7, 11) is -2.02. The monoisotopic (exact) mass is 306 g/mol. The minimum atomic E-state index is -3.66. The molecule has 2 rings (SSSR count). The minimum absolute atomic E-state index is 0.0171. The van der Waals surface area contributed by atoms with Crippen molar-refractivity contribution in [2.45, 2.75) is 10.9 Å². The fourth-order valence-electron chi connectivity index (χ4n) is 2.02. The summed E-state index contributed by atoms with van der Waals surface area (Å²) in [6, 6.07) is 16.2. The van der Waals surface area contributed by atoms with E-state index >= 15 is 0 Å². The van der Waals surface area contributed by atoms with Crippen LogP contribution in [0.1, 0.15) is 11.6 Å². The summed E-state index contributed by atoms with van der Waals surface area (Å²) in [5.41, 5.74) is 1.89. The molecule has 0 saturated carbocycles. The summed E-state index contributed by atoms with van der Waals surface area (Å²) in [5, 5.41) is 8.39. The second-order valence-electron chi connectivity index (χ2n) is 4.63. The van der Waals surface area contributed by atoms with Crippen molar-refractivity contribution in [1.82, 2.24) is 0 Å². The third-order valence-electron chi connectivity index (χ3n) is 3.06. The molecule has 0 aliphatic rings. The van der Waals surface area contributed by atoms with Crippen molar-refractivity contribution in [3.05, 3.63) is 60.2 Å². The van der Waals surface area contributed by atoms with Crippen LogP contribution in [0.4, 0.5) is 5.69 Å². The molecule has 6 heteroatoms. The molecular weight excluding hydrogens is 288 g/mol. The van der Waals surface area contributed by atoms with Gasteiger partial charge in [0.05, 0.1) is 17.5 Å². The lowest BCUT2D eigenvalue weighted by atomic mass is 10.1. The third kappa shape index (κ3) is 4.29. The van der Waals surface area contributed by atoms with Crippen molar-refractivity contribution >= 4 is 15.7 Å². The van der Waals surface area contributed by atoms with E-state index in [-0.39, 0.29) is 10.9 Å². The molecular formula is C15H18N2O3S. The molecule has 0 amide bonds. The molecule has 112 valence electrons. The van der Waals surface area contributed by atoms with E-state index in [1.54, 1.807) is 19.2 Å². The number of benzene rings is 2. The lowest BCUT2D eigenvalue weighted by molar-refractivity contribution is 0.186. The highest BCUT2D eigenvalue weighted by atomic mass is 32.2. The second-order valence-corrected chi connectivity index (χ2v) is 6.19. The highest BCUT2D eigenvalue weighted by molar-refractivity contribution is 7.89. The largest absolute Gasteiger partial charge is 0.382 e. The van der Waals surface area contributed by atoms with Gasteiger partial charge in [-0.25, -0.2) is 13.6 Å². The van der Waals surface area contributed by atoms with Crippen molar-refractivity contribution in [2.75, 3.05) is 19.0 Å². The number of nitrogens with one attached hydrogen (secondary N) is 1. The average molecular weight is 306 g/mol. The molecule has 0 aliphatic carbocycles. The molecule has 0 radical (unpaired) electrons. The van der Waals surface area contributed by atoms with Crippen LogP contribution in [0.3, 0.4) is 0 Å². The van der Waals surface area contributed by atoms with Crippen LogP contribution in [-0.4, -0.2) is 22.1 Å². The number of hydrogen-bond acceptors (Lipinski definition) is 4.